The van der Waals surface area contributed by atoms with Crippen LogP contribution in [0.25, 0.3) is 0 Å². The van der Waals surface area contributed by atoms with Crippen LogP contribution in [0.1, 0.15) is 10.4 Å². The molecule has 3 N–H and O–H groups in total. The average molecular weight is 315 g/mol. The molecule has 0 aliphatic heterocycles. The molecule has 0 bridgehead atoms. The number of benzene rings is 1. The van der Waals surface area contributed by atoms with Gasteiger partial charge in [-0.2, -0.15) is 0 Å². The summed E-state index contributed by atoms with van der Waals surface area (Å²) in [6.45, 7) is 0. The van der Waals surface area contributed by atoms with E-state index >= 15 is 0 Å². The van der Waals surface area contributed by atoms with Crippen molar-refractivity contribution in [3.05, 3.63) is 31.8 Å². The monoisotopic (exact) mass is 314 g/mol. The molecule has 0 atom stereocenters. The molecule has 1 aromatic rings. The third-order valence-electron chi connectivity index (χ3n) is 1.86. The Hall–Kier alpha value is -1.42. The van der Waals surface area contributed by atoms with Crippen LogP contribution in [0.2, 0.25) is 10.0 Å². The fraction of sp³-hybridized carbons (Fsp3) is 0. The van der Waals surface area contributed by atoms with Gasteiger partial charge in [-0.1, -0.05) is 23.2 Å². The Morgan fingerprint density at radius 2 is 1.89 bits per heavy atom. The molecule has 0 fully saturated rings. The van der Waals surface area contributed by atoms with Gasteiger partial charge in [-0.25, -0.2) is 18.4 Å². The standard InChI is InChI=1S/C7H4Cl2N2O6S/c8-4-2(7(12)13)1-3(18(10,16)17)5(9)6(4)11(14)15/h1H,(H,12,13)(H2,10,16,17). The van der Waals surface area contributed by atoms with Gasteiger partial charge in [0.25, 0.3) is 0 Å². The molecular formula is C7H4Cl2N2O6S. The van der Waals surface area contributed by atoms with Gasteiger partial charge in [0.15, 0.2) is 0 Å². The Labute approximate surface area is 110 Å². The van der Waals surface area contributed by atoms with Crippen molar-refractivity contribution in [1.82, 2.24) is 0 Å². The van der Waals surface area contributed by atoms with Crippen molar-refractivity contribution in [2.75, 3.05) is 0 Å². The first-order valence-electron chi connectivity index (χ1n) is 3.99. The van der Waals surface area contributed by atoms with Gasteiger partial charge < -0.3 is 5.11 Å². The number of primary sulfonamides is 1. The topological polar surface area (TPSA) is 141 Å². The zero-order chi connectivity index (χ0) is 14.2. The first-order chi connectivity index (χ1) is 8.07. The summed E-state index contributed by atoms with van der Waals surface area (Å²) < 4.78 is 22.3. The van der Waals surface area contributed by atoms with E-state index in [4.69, 9.17) is 33.4 Å². The number of sulfonamides is 1. The maximum absolute atomic E-state index is 11.1. The summed E-state index contributed by atoms with van der Waals surface area (Å²) in [4.78, 5) is 19.5. The van der Waals surface area contributed by atoms with Gasteiger partial charge in [-0.15, -0.1) is 0 Å². The van der Waals surface area contributed by atoms with Crippen LogP contribution in [0.4, 0.5) is 5.69 Å². The third kappa shape index (κ3) is 2.53. The van der Waals surface area contributed by atoms with Crippen LogP contribution in [0.5, 0.6) is 0 Å². The van der Waals surface area contributed by atoms with E-state index in [1.807, 2.05) is 0 Å². The van der Waals surface area contributed by atoms with Gasteiger partial charge in [0, 0.05) is 0 Å². The molecule has 98 valence electrons. The molecule has 0 amide bonds. The zero-order valence-corrected chi connectivity index (χ0v) is 10.6. The number of hydrogen-bond acceptors (Lipinski definition) is 5. The second kappa shape index (κ2) is 4.69. The van der Waals surface area contributed by atoms with Crippen LogP contribution >= 0.6 is 23.2 Å². The van der Waals surface area contributed by atoms with E-state index in [0.717, 1.165) is 0 Å². The van der Waals surface area contributed by atoms with Crippen LogP contribution in [0.3, 0.4) is 0 Å². The number of nitrogens with zero attached hydrogens (tertiary/aromatic N) is 1. The Kier molecular flexibility index (Phi) is 3.81. The number of nitrogens with two attached hydrogens (primary N) is 1. The van der Waals surface area contributed by atoms with Crippen molar-refractivity contribution >= 4 is 44.9 Å². The number of halogens is 2. The fourth-order valence-electron chi connectivity index (χ4n) is 1.12. The predicted molar refractivity (Wildman–Crippen MR) is 61.4 cm³/mol. The summed E-state index contributed by atoms with van der Waals surface area (Å²) in [5.74, 6) is -1.65. The normalized spacial score (nSPS) is 11.3. The van der Waals surface area contributed by atoms with E-state index in [0.29, 0.717) is 6.07 Å². The van der Waals surface area contributed by atoms with Crippen LogP contribution < -0.4 is 5.14 Å². The van der Waals surface area contributed by atoms with Crippen LogP contribution in [-0.4, -0.2) is 24.4 Å². The summed E-state index contributed by atoms with van der Waals surface area (Å²) in [5, 5.41) is 22.6. The summed E-state index contributed by atoms with van der Waals surface area (Å²) in [7, 11) is -4.42. The van der Waals surface area contributed by atoms with Gasteiger partial charge in [0.1, 0.15) is 14.9 Å². The number of carbonyl (C=O) groups is 1. The fourth-order valence-corrected chi connectivity index (χ4v) is 2.64. The van der Waals surface area contributed by atoms with Crippen LogP contribution in [0.15, 0.2) is 11.0 Å². The van der Waals surface area contributed by atoms with E-state index in [1.54, 1.807) is 0 Å². The maximum Gasteiger partial charge on any atom is 0.337 e. The van der Waals surface area contributed by atoms with E-state index in [9.17, 15) is 23.3 Å². The molecule has 0 unspecified atom stereocenters. The number of hydrogen-bond donors (Lipinski definition) is 2. The first-order valence-corrected chi connectivity index (χ1v) is 6.30. The molecule has 11 heteroatoms. The summed E-state index contributed by atoms with van der Waals surface area (Å²) >= 11 is 11.0. The highest BCUT2D eigenvalue weighted by Gasteiger charge is 2.31. The quantitative estimate of drug-likeness (QED) is 0.635. The molecule has 8 nitrogen and oxygen atoms in total. The first kappa shape index (κ1) is 14.6. The Morgan fingerprint density at radius 3 is 2.22 bits per heavy atom. The van der Waals surface area contributed by atoms with Crippen molar-refractivity contribution in [1.29, 1.82) is 0 Å². The zero-order valence-electron chi connectivity index (χ0n) is 8.25. The van der Waals surface area contributed by atoms with Gasteiger partial charge >= 0.3 is 11.7 Å². The molecule has 18 heavy (non-hydrogen) atoms. The summed E-state index contributed by atoms with van der Waals surface area (Å²) in [6.07, 6.45) is 0. The lowest BCUT2D eigenvalue weighted by molar-refractivity contribution is -0.384. The molecule has 0 saturated carbocycles. The minimum Gasteiger partial charge on any atom is -0.478 e. The van der Waals surface area contributed by atoms with Crippen molar-refractivity contribution in [3.8, 4) is 0 Å². The number of nitro benzene ring substituents is 1. The SMILES string of the molecule is NS(=O)(=O)c1cc(C(=O)O)c(Cl)c([N+](=O)[O-])c1Cl. The number of rotatable bonds is 3. The number of nitro groups is 1. The molecular weight excluding hydrogens is 311 g/mol. The van der Waals surface area contributed by atoms with Crippen molar-refractivity contribution < 1.29 is 23.2 Å². The molecule has 0 aliphatic rings. The molecule has 0 heterocycles. The molecule has 0 saturated heterocycles. The van der Waals surface area contributed by atoms with Crippen molar-refractivity contribution in [2.45, 2.75) is 4.90 Å². The van der Waals surface area contributed by atoms with Gasteiger partial charge in [-0.05, 0) is 6.07 Å². The highest BCUT2D eigenvalue weighted by Crippen LogP contribution is 2.39. The highest BCUT2D eigenvalue weighted by atomic mass is 35.5. The Morgan fingerprint density at radius 1 is 1.39 bits per heavy atom. The number of carboxylic acid groups (broad SMARTS) is 1. The minimum absolute atomic E-state index is 0.565. The van der Waals surface area contributed by atoms with Gasteiger partial charge in [-0.3, -0.25) is 10.1 Å². The highest BCUT2D eigenvalue weighted by molar-refractivity contribution is 7.89. The summed E-state index contributed by atoms with van der Waals surface area (Å²) in [6, 6.07) is 0.565. The van der Waals surface area contributed by atoms with E-state index < -0.39 is 47.1 Å². The number of aromatic carboxylic acids is 1. The Bertz CT molecular complexity index is 656. The van der Waals surface area contributed by atoms with E-state index in [-0.39, 0.29) is 0 Å². The minimum atomic E-state index is -4.42. The van der Waals surface area contributed by atoms with Crippen molar-refractivity contribution in [2.24, 2.45) is 5.14 Å². The third-order valence-corrected chi connectivity index (χ3v) is 3.68. The van der Waals surface area contributed by atoms with Gasteiger partial charge in [0.05, 0.1) is 10.5 Å². The molecule has 0 aliphatic carbocycles. The molecule has 0 spiro atoms. The molecule has 0 radical (unpaired) electrons. The lowest BCUT2D eigenvalue weighted by Crippen LogP contribution is -2.15. The maximum atomic E-state index is 11.1. The molecule has 1 aromatic carbocycles. The summed E-state index contributed by atoms with van der Waals surface area (Å²) in [5.41, 5.74) is -1.81. The second-order valence-electron chi connectivity index (χ2n) is 3.01. The second-order valence-corrected chi connectivity index (χ2v) is 5.29. The van der Waals surface area contributed by atoms with Crippen LogP contribution in [-0.2, 0) is 10.0 Å². The Balaban J connectivity index is 3.90. The predicted octanol–water partition coefficient (Wildman–Crippen LogP) is 1.25. The smallest absolute Gasteiger partial charge is 0.337 e. The van der Waals surface area contributed by atoms with E-state index in [1.165, 1.54) is 0 Å². The van der Waals surface area contributed by atoms with Gasteiger partial charge in [0.2, 0.25) is 10.0 Å². The lowest BCUT2D eigenvalue weighted by atomic mass is 10.2. The van der Waals surface area contributed by atoms with E-state index in [2.05, 4.69) is 0 Å². The number of carboxylic acids is 1. The molecule has 1 rings (SSSR count). The molecule has 0 aromatic heterocycles. The van der Waals surface area contributed by atoms with Crippen LogP contribution in [0, 0.1) is 10.1 Å². The largest absolute Gasteiger partial charge is 0.478 e. The average Bonchev–Trinajstić information content (AvgIpc) is 2.13. The van der Waals surface area contributed by atoms with Crippen molar-refractivity contribution in [3.63, 3.8) is 0 Å². The lowest BCUT2D eigenvalue weighted by Gasteiger charge is -2.06.